The second-order valence-electron chi connectivity index (χ2n) is 5.58. The minimum Gasteiger partial charge on any atom is -0.478 e. The molecule has 0 radical (unpaired) electrons. The van der Waals surface area contributed by atoms with Crippen LogP contribution in [-0.4, -0.2) is 35.6 Å². The number of nitrogens with zero attached hydrogens (tertiary/aromatic N) is 1. The first-order valence-corrected chi connectivity index (χ1v) is 7.48. The SMILES string of the molecule is Cc1sc(NC(=O)N(C)CC2CC2C)c(C(=O)O)c1C. The molecular formula is C14H20N2O3S. The zero-order chi connectivity index (χ0) is 15.0. The monoisotopic (exact) mass is 296 g/mol. The summed E-state index contributed by atoms with van der Waals surface area (Å²) in [4.78, 5) is 25.9. The van der Waals surface area contributed by atoms with Gasteiger partial charge >= 0.3 is 12.0 Å². The van der Waals surface area contributed by atoms with Gasteiger partial charge < -0.3 is 10.0 Å². The highest BCUT2D eigenvalue weighted by Crippen LogP contribution is 2.38. The van der Waals surface area contributed by atoms with Gasteiger partial charge in [-0.25, -0.2) is 9.59 Å². The maximum absolute atomic E-state index is 12.1. The van der Waals surface area contributed by atoms with Crippen LogP contribution in [0.25, 0.3) is 0 Å². The Balaban J connectivity index is 2.07. The van der Waals surface area contributed by atoms with Crippen molar-refractivity contribution < 1.29 is 14.7 Å². The van der Waals surface area contributed by atoms with Crippen molar-refractivity contribution in [3.05, 3.63) is 16.0 Å². The minimum atomic E-state index is -0.999. The molecule has 110 valence electrons. The van der Waals surface area contributed by atoms with Crippen molar-refractivity contribution in [3.8, 4) is 0 Å². The first kappa shape index (κ1) is 14.8. The Hall–Kier alpha value is -1.56. The molecule has 2 atom stereocenters. The Morgan fingerprint density at radius 2 is 2.05 bits per heavy atom. The number of anilines is 1. The van der Waals surface area contributed by atoms with Gasteiger partial charge in [0, 0.05) is 18.5 Å². The van der Waals surface area contributed by atoms with Crippen LogP contribution in [-0.2, 0) is 0 Å². The number of hydrogen-bond donors (Lipinski definition) is 2. The molecule has 2 amide bonds. The van der Waals surface area contributed by atoms with E-state index in [9.17, 15) is 14.7 Å². The lowest BCUT2D eigenvalue weighted by molar-refractivity contribution is 0.0697. The summed E-state index contributed by atoms with van der Waals surface area (Å²) in [6, 6.07) is -0.243. The van der Waals surface area contributed by atoms with Crippen LogP contribution in [0.5, 0.6) is 0 Å². The smallest absolute Gasteiger partial charge is 0.338 e. The highest BCUT2D eigenvalue weighted by atomic mass is 32.1. The van der Waals surface area contributed by atoms with Crippen molar-refractivity contribution in [2.24, 2.45) is 11.8 Å². The van der Waals surface area contributed by atoms with Gasteiger partial charge in [-0.1, -0.05) is 6.92 Å². The third kappa shape index (κ3) is 2.95. The van der Waals surface area contributed by atoms with Gasteiger partial charge in [-0.05, 0) is 37.7 Å². The lowest BCUT2D eigenvalue weighted by Gasteiger charge is -2.17. The van der Waals surface area contributed by atoms with E-state index in [0.717, 1.165) is 23.4 Å². The molecule has 0 aliphatic heterocycles. The Bertz CT molecular complexity index is 553. The molecule has 0 aromatic carbocycles. The van der Waals surface area contributed by atoms with Crippen molar-refractivity contribution in [1.29, 1.82) is 0 Å². The van der Waals surface area contributed by atoms with Gasteiger partial charge in [0.15, 0.2) is 0 Å². The molecule has 1 aliphatic carbocycles. The second-order valence-corrected chi connectivity index (χ2v) is 6.80. The molecule has 1 aromatic heterocycles. The first-order valence-electron chi connectivity index (χ1n) is 6.66. The number of hydrogen-bond acceptors (Lipinski definition) is 3. The van der Waals surface area contributed by atoms with Crippen LogP contribution >= 0.6 is 11.3 Å². The highest BCUT2D eigenvalue weighted by Gasteiger charge is 2.34. The van der Waals surface area contributed by atoms with Gasteiger partial charge in [0.25, 0.3) is 0 Å². The Morgan fingerprint density at radius 3 is 2.55 bits per heavy atom. The number of carboxylic acid groups (broad SMARTS) is 1. The van der Waals surface area contributed by atoms with E-state index in [1.165, 1.54) is 11.3 Å². The summed E-state index contributed by atoms with van der Waals surface area (Å²) in [5, 5.41) is 12.4. The number of aromatic carboxylic acids is 1. The maximum atomic E-state index is 12.1. The molecule has 1 fully saturated rings. The number of rotatable bonds is 4. The molecule has 2 rings (SSSR count). The molecule has 2 N–H and O–H groups in total. The molecule has 1 aromatic rings. The number of amides is 2. The van der Waals surface area contributed by atoms with Gasteiger partial charge in [0.05, 0.1) is 5.56 Å². The summed E-state index contributed by atoms with van der Waals surface area (Å²) >= 11 is 1.31. The molecule has 20 heavy (non-hydrogen) atoms. The zero-order valence-corrected chi connectivity index (χ0v) is 13.0. The number of carbonyl (C=O) groups is 2. The van der Waals surface area contributed by atoms with Crippen molar-refractivity contribution in [1.82, 2.24) is 4.90 Å². The fourth-order valence-corrected chi connectivity index (χ4v) is 3.30. The minimum absolute atomic E-state index is 0.203. The summed E-state index contributed by atoms with van der Waals surface area (Å²) in [6.07, 6.45) is 1.16. The normalized spacial score (nSPS) is 20.6. The predicted octanol–water partition coefficient (Wildman–Crippen LogP) is 3.18. The summed E-state index contributed by atoms with van der Waals surface area (Å²) in [7, 11) is 1.74. The lowest BCUT2D eigenvalue weighted by Crippen LogP contribution is -2.33. The van der Waals surface area contributed by atoms with E-state index in [1.807, 2.05) is 6.92 Å². The number of nitrogens with one attached hydrogen (secondary N) is 1. The van der Waals surface area contributed by atoms with E-state index in [-0.39, 0.29) is 11.6 Å². The highest BCUT2D eigenvalue weighted by molar-refractivity contribution is 7.16. The number of carbonyl (C=O) groups excluding carboxylic acids is 1. The van der Waals surface area contributed by atoms with Crippen molar-refractivity contribution in [3.63, 3.8) is 0 Å². The van der Waals surface area contributed by atoms with Crippen molar-refractivity contribution in [2.75, 3.05) is 18.9 Å². The van der Waals surface area contributed by atoms with Crippen LogP contribution in [0.15, 0.2) is 0 Å². The first-order chi connectivity index (χ1) is 9.31. The van der Waals surface area contributed by atoms with E-state index >= 15 is 0 Å². The average molecular weight is 296 g/mol. The number of urea groups is 1. The van der Waals surface area contributed by atoms with E-state index in [0.29, 0.717) is 16.8 Å². The van der Waals surface area contributed by atoms with E-state index in [4.69, 9.17) is 0 Å². The summed E-state index contributed by atoms with van der Waals surface area (Å²) in [6.45, 7) is 6.52. The van der Waals surface area contributed by atoms with E-state index < -0.39 is 5.97 Å². The van der Waals surface area contributed by atoms with Gasteiger partial charge in [-0.2, -0.15) is 0 Å². The van der Waals surface area contributed by atoms with Crippen LogP contribution < -0.4 is 5.32 Å². The molecule has 0 saturated heterocycles. The molecule has 1 aliphatic rings. The average Bonchev–Trinajstić information content (AvgIpc) is 2.95. The Kier molecular flexibility index (Phi) is 4.04. The summed E-state index contributed by atoms with van der Waals surface area (Å²) in [5.74, 6) is 0.267. The molecule has 1 heterocycles. The third-order valence-electron chi connectivity index (χ3n) is 3.95. The lowest BCUT2D eigenvalue weighted by atomic mass is 10.1. The number of thiophene rings is 1. The Morgan fingerprint density at radius 1 is 1.45 bits per heavy atom. The molecule has 6 heteroatoms. The predicted molar refractivity (Wildman–Crippen MR) is 79.7 cm³/mol. The fourth-order valence-electron chi connectivity index (χ4n) is 2.25. The molecular weight excluding hydrogens is 276 g/mol. The quantitative estimate of drug-likeness (QED) is 0.896. The molecule has 0 bridgehead atoms. The van der Waals surface area contributed by atoms with Gasteiger partial charge in [0.1, 0.15) is 5.00 Å². The maximum Gasteiger partial charge on any atom is 0.338 e. The summed E-state index contributed by atoms with van der Waals surface area (Å²) < 4.78 is 0. The number of carboxylic acids is 1. The van der Waals surface area contributed by atoms with Crippen LogP contribution in [0.3, 0.4) is 0 Å². The van der Waals surface area contributed by atoms with Gasteiger partial charge in [-0.15, -0.1) is 11.3 Å². The standard InChI is InChI=1S/C14H20N2O3S/c1-7-5-10(7)6-16(4)14(19)15-12-11(13(17)18)8(2)9(3)20-12/h7,10H,5-6H2,1-4H3,(H,15,19)(H,17,18). The second kappa shape index (κ2) is 5.44. The fraction of sp³-hybridized carbons (Fsp3) is 0.571. The third-order valence-corrected chi connectivity index (χ3v) is 5.07. The van der Waals surface area contributed by atoms with Crippen LogP contribution in [0, 0.1) is 25.7 Å². The Labute approximate surface area is 122 Å². The molecule has 0 spiro atoms. The van der Waals surface area contributed by atoms with E-state index in [2.05, 4.69) is 12.2 Å². The summed E-state index contributed by atoms with van der Waals surface area (Å²) in [5.41, 5.74) is 0.922. The zero-order valence-electron chi connectivity index (χ0n) is 12.2. The van der Waals surface area contributed by atoms with Crippen molar-refractivity contribution in [2.45, 2.75) is 27.2 Å². The van der Waals surface area contributed by atoms with Gasteiger partial charge in [0.2, 0.25) is 0 Å². The largest absolute Gasteiger partial charge is 0.478 e. The topological polar surface area (TPSA) is 69.6 Å². The van der Waals surface area contributed by atoms with Crippen molar-refractivity contribution >= 4 is 28.3 Å². The van der Waals surface area contributed by atoms with Crippen LogP contribution in [0.2, 0.25) is 0 Å². The van der Waals surface area contributed by atoms with Crippen LogP contribution in [0.1, 0.15) is 34.1 Å². The van der Waals surface area contributed by atoms with Gasteiger partial charge in [-0.3, -0.25) is 5.32 Å². The molecule has 2 unspecified atom stereocenters. The number of aryl methyl sites for hydroxylation is 1. The van der Waals surface area contributed by atoms with Crippen LogP contribution in [0.4, 0.5) is 9.80 Å². The molecule has 5 nitrogen and oxygen atoms in total. The van der Waals surface area contributed by atoms with E-state index in [1.54, 1.807) is 18.9 Å². The molecule has 1 saturated carbocycles.